The average Bonchev–Trinajstić information content (AvgIpc) is 2.33. The fourth-order valence-corrected chi connectivity index (χ4v) is 2.17. The molecule has 0 spiro atoms. The van der Waals surface area contributed by atoms with E-state index >= 15 is 0 Å². The van der Waals surface area contributed by atoms with Gasteiger partial charge in [-0.25, -0.2) is 9.59 Å². The number of carbonyl (C=O) groups excluding carboxylic acids is 1. The smallest absolute Gasteiger partial charge is 0.408 e. The molecule has 6 nitrogen and oxygen atoms in total. The van der Waals surface area contributed by atoms with Gasteiger partial charge in [0, 0.05) is 0 Å². The van der Waals surface area contributed by atoms with Crippen molar-refractivity contribution in [1.29, 1.82) is 0 Å². The quantitative estimate of drug-likeness (QED) is 0.640. The molecule has 0 aliphatic heterocycles. The monoisotopic (exact) mass is 257 g/mol. The third kappa shape index (κ3) is 3.73. The number of nitrogens with one attached hydrogen (secondary N) is 1. The number of alkyl carbamates (subject to hydrolysis) is 1. The van der Waals surface area contributed by atoms with Crippen molar-refractivity contribution < 1.29 is 24.5 Å². The lowest BCUT2D eigenvalue weighted by atomic mass is 9.79. The van der Waals surface area contributed by atoms with Crippen LogP contribution in [0.3, 0.4) is 0 Å². The Balaban J connectivity index is 2.66. The topological polar surface area (TPSA) is 95.9 Å². The maximum absolute atomic E-state index is 11.3. The zero-order valence-electron chi connectivity index (χ0n) is 10.2. The zero-order valence-corrected chi connectivity index (χ0v) is 10.2. The molecule has 6 heteroatoms. The molecule has 0 bridgehead atoms. The molecule has 0 aromatic rings. The average molecular weight is 257 g/mol. The molecule has 1 saturated carbocycles. The molecule has 0 radical (unpaired) electrons. The van der Waals surface area contributed by atoms with Crippen molar-refractivity contribution in [2.45, 2.75) is 43.7 Å². The van der Waals surface area contributed by atoms with Gasteiger partial charge in [-0.2, -0.15) is 0 Å². The van der Waals surface area contributed by atoms with E-state index in [0.29, 0.717) is 12.8 Å². The molecular formula is C12H19NO5. The Morgan fingerprint density at radius 1 is 1.39 bits per heavy atom. The predicted octanol–water partition coefficient (Wildman–Crippen LogP) is 1.05. The summed E-state index contributed by atoms with van der Waals surface area (Å²) in [6.45, 7) is 3.38. The van der Waals surface area contributed by atoms with Crippen molar-refractivity contribution in [2.75, 3.05) is 6.61 Å². The maximum Gasteiger partial charge on any atom is 0.408 e. The second-order valence-electron chi connectivity index (χ2n) is 4.47. The number of rotatable bonds is 5. The van der Waals surface area contributed by atoms with Crippen molar-refractivity contribution in [2.24, 2.45) is 0 Å². The molecule has 3 N–H and O–H groups in total. The summed E-state index contributed by atoms with van der Waals surface area (Å²) in [5.74, 6) is -1.25. The molecular weight excluding hydrogens is 238 g/mol. The van der Waals surface area contributed by atoms with Crippen LogP contribution in [0.15, 0.2) is 12.7 Å². The Kier molecular flexibility index (Phi) is 5.15. The van der Waals surface area contributed by atoms with Crippen molar-refractivity contribution in [3.8, 4) is 0 Å². The first-order valence-corrected chi connectivity index (χ1v) is 5.99. The summed E-state index contributed by atoms with van der Waals surface area (Å²) in [7, 11) is 0. The molecule has 0 aromatic heterocycles. The van der Waals surface area contributed by atoms with Crippen LogP contribution in [0.1, 0.15) is 32.1 Å². The maximum atomic E-state index is 11.3. The van der Waals surface area contributed by atoms with Gasteiger partial charge in [0.15, 0.2) is 6.04 Å². The van der Waals surface area contributed by atoms with Gasteiger partial charge in [0.1, 0.15) is 6.61 Å². The summed E-state index contributed by atoms with van der Waals surface area (Å²) in [4.78, 5) is 22.5. The van der Waals surface area contributed by atoms with E-state index in [2.05, 4.69) is 16.6 Å². The highest BCUT2D eigenvalue weighted by Crippen LogP contribution is 2.31. The minimum Gasteiger partial charge on any atom is -0.480 e. The molecule has 1 fully saturated rings. The molecule has 0 saturated heterocycles. The van der Waals surface area contributed by atoms with Crippen LogP contribution in [0, 0.1) is 0 Å². The normalized spacial score (nSPS) is 19.6. The highest BCUT2D eigenvalue weighted by atomic mass is 16.5. The molecule has 0 aromatic carbocycles. The predicted molar refractivity (Wildman–Crippen MR) is 64.1 cm³/mol. The van der Waals surface area contributed by atoms with E-state index < -0.39 is 23.7 Å². The van der Waals surface area contributed by atoms with Crippen LogP contribution in [-0.2, 0) is 9.53 Å². The third-order valence-corrected chi connectivity index (χ3v) is 3.10. The summed E-state index contributed by atoms with van der Waals surface area (Å²) in [5.41, 5.74) is -1.39. The molecule has 102 valence electrons. The number of aliphatic carboxylic acids is 1. The van der Waals surface area contributed by atoms with Gasteiger partial charge in [-0.3, -0.25) is 0 Å². The highest BCUT2D eigenvalue weighted by Gasteiger charge is 2.43. The van der Waals surface area contributed by atoms with Crippen LogP contribution in [0.4, 0.5) is 4.79 Å². The van der Waals surface area contributed by atoms with Gasteiger partial charge in [0.2, 0.25) is 0 Å². The number of aliphatic hydroxyl groups is 1. The molecule has 1 unspecified atom stereocenters. The van der Waals surface area contributed by atoms with Crippen molar-refractivity contribution in [1.82, 2.24) is 5.32 Å². The number of carbonyl (C=O) groups is 2. The largest absolute Gasteiger partial charge is 0.480 e. The number of carboxylic acid groups (broad SMARTS) is 1. The van der Waals surface area contributed by atoms with E-state index in [1.807, 2.05) is 0 Å². The fourth-order valence-electron chi connectivity index (χ4n) is 2.17. The van der Waals surface area contributed by atoms with Gasteiger partial charge in [-0.05, 0) is 12.8 Å². The van der Waals surface area contributed by atoms with Crippen LogP contribution in [-0.4, -0.2) is 40.5 Å². The Labute approximate surface area is 106 Å². The van der Waals surface area contributed by atoms with Crippen molar-refractivity contribution >= 4 is 12.1 Å². The first kappa shape index (κ1) is 14.5. The lowest BCUT2D eigenvalue weighted by Gasteiger charge is -2.36. The zero-order chi connectivity index (χ0) is 13.6. The Morgan fingerprint density at radius 2 is 2.00 bits per heavy atom. The van der Waals surface area contributed by atoms with Crippen LogP contribution in [0.25, 0.3) is 0 Å². The van der Waals surface area contributed by atoms with Gasteiger partial charge in [0.05, 0.1) is 5.60 Å². The minimum atomic E-state index is -1.39. The van der Waals surface area contributed by atoms with Crippen LogP contribution in [0.2, 0.25) is 0 Å². The van der Waals surface area contributed by atoms with E-state index in [1.165, 1.54) is 6.08 Å². The van der Waals surface area contributed by atoms with E-state index in [-0.39, 0.29) is 6.61 Å². The number of hydrogen-bond acceptors (Lipinski definition) is 4. The number of carboxylic acids is 1. The van der Waals surface area contributed by atoms with Gasteiger partial charge in [-0.1, -0.05) is 31.9 Å². The molecule has 1 aliphatic rings. The Hall–Kier alpha value is -1.56. The first-order valence-electron chi connectivity index (χ1n) is 5.99. The lowest BCUT2D eigenvalue weighted by molar-refractivity contribution is -0.148. The third-order valence-electron chi connectivity index (χ3n) is 3.10. The first-order chi connectivity index (χ1) is 8.49. The van der Waals surface area contributed by atoms with Gasteiger partial charge in [0.25, 0.3) is 0 Å². The summed E-state index contributed by atoms with van der Waals surface area (Å²) in [6, 6.07) is -1.34. The van der Waals surface area contributed by atoms with E-state index in [9.17, 15) is 14.7 Å². The van der Waals surface area contributed by atoms with Crippen molar-refractivity contribution in [3.05, 3.63) is 12.7 Å². The minimum absolute atomic E-state index is 0.00337. The van der Waals surface area contributed by atoms with Crippen LogP contribution >= 0.6 is 0 Å². The summed E-state index contributed by atoms with van der Waals surface area (Å²) in [6.07, 6.45) is 3.73. The number of amides is 1. The summed E-state index contributed by atoms with van der Waals surface area (Å²) < 4.78 is 4.67. The van der Waals surface area contributed by atoms with Crippen LogP contribution < -0.4 is 5.32 Å². The highest BCUT2D eigenvalue weighted by molar-refractivity contribution is 5.81. The van der Waals surface area contributed by atoms with Gasteiger partial charge < -0.3 is 20.3 Å². The van der Waals surface area contributed by atoms with Crippen molar-refractivity contribution in [3.63, 3.8) is 0 Å². The summed E-state index contributed by atoms with van der Waals surface area (Å²) >= 11 is 0. The Bertz CT molecular complexity index is 322. The van der Waals surface area contributed by atoms with E-state index in [0.717, 1.165) is 19.3 Å². The number of ether oxygens (including phenoxy) is 1. The molecule has 18 heavy (non-hydrogen) atoms. The van der Waals surface area contributed by atoms with E-state index in [4.69, 9.17) is 5.11 Å². The SMILES string of the molecule is C=CCOC(=O)NC(C(=O)O)C1(O)CCCCC1. The standard InChI is InChI=1S/C12H19NO5/c1-2-8-18-11(16)13-9(10(14)15)12(17)6-4-3-5-7-12/h2,9,17H,1,3-8H2,(H,13,16)(H,14,15). The lowest BCUT2D eigenvalue weighted by Crippen LogP contribution is -2.57. The molecule has 1 rings (SSSR count). The second kappa shape index (κ2) is 6.39. The molecule has 1 aliphatic carbocycles. The fraction of sp³-hybridized carbons (Fsp3) is 0.667. The molecule has 1 atom stereocenters. The van der Waals surface area contributed by atoms with Gasteiger partial charge >= 0.3 is 12.1 Å². The summed E-state index contributed by atoms with van der Waals surface area (Å²) in [5, 5.41) is 21.6. The molecule has 0 heterocycles. The second-order valence-corrected chi connectivity index (χ2v) is 4.47. The van der Waals surface area contributed by atoms with Crippen LogP contribution in [0.5, 0.6) is 0 Å². The Morgan fingerprint density at radius 3 is 2.50 bits per heavy atom. The number of hydrogen-bond donors (Lipinski definition) is 3. The molecule has 1 amide bonds. The van der Waals surface area contributed by atoms with E-state index in [1.54, 1.807) is 0 Å². The van der Waals surface area contributed by atoms with Gasteiger partial charge in [-0.15, -0.1) is 0 Å².